The van der Waals surface area contributed by atoms with Crippen LogP contribution < -0.4 is 10.9 Å². The first-order valence-corrected chi connectivity index (χ1v) is 9.09. The van der Waals surface area contributed by atoms with Crippen LogP contribution in [0, 0.1) is 0 Å². The number of aliphatic hydroxyl groups excluding tert-OH is 1. The maximum atomic E-state index is 12.7. The Balaban J connectivity index is 1.80. The Labute approximate surface area is 159 Å². The van der Waals surface area contributed by atoms with Gasteiger partial charge in [-0.15, -0.1) is 0 Å². The summed E-state index contributed by atoms with van der Waals surface area (Å²) in [4.78, 5) is 27.3. The van der Waals surface area contributed by atoms with Crippen LogP contribution in [-0.4, -0.2) is 28.1 Å². The number of fused-ring (bicyclic) bond motifs is 1. The molecule has 0 fully saturated rings. The molecular formula is C20H19BrN2O3. The summed E-state index contributed by atoms with van der Waals surface area (Å²) in [6.07, 6.45) is -0.300. The summed E-state index contributed by atoms with van der Waals surface area (Å²) in [7, 11) is 0. The second-order valence-electron chi connectivity index (χ2n) is 6.23. The SMILES string of the molecule is C[C@H](NC(=O)c1cc(=O)[nH]c2c(Br)cccc12)[C@H](O)Cc1ccccc1. The summed E-state index contributed by atoms with van der Waals surface area (Å²) in [6, 6.07) is 15.8. The summed E-state index contributed by atoms with van der Waals surface area (Å²) in [5.41, 5.74) is 1.49. The molecule has 2 atom stereocenters. The van der Waals surface area contributed by atoms with E-state index >= 15 is 0 Å². The monoisotopic (exact) mass is 414 g/mol. The van der Waals surface area contributed by atoms with Crippen molar-refractivity contribution in [3.05, 3.63) is 80.6 Å². The van der Waals surface area contributed by atoms with E-state index in [1.165, 1.54) is 6.07 Å². The van der Waals surface area contributed by atoms with Crippen LogP contribution in [-0.2, 0) is 6.42 Å². The molecule has 0 aliphatic heterocycles. The van der Waals surface area contributed by atoms with Crippen molar-refractivity contribution < 1.29 is 9.90 Å². The van der Waals surface area contributed by atoms with Crippen molar-refractivity contribution in [1.29, 1.82) is 0 Å². The smallest absolute Gasteiger partial charge is 0.252 e. The summed E-state index contributed by atoms with van der Waals surface area (Å²) in [5.74, 6) is -0.390. The first kappa shape index (κ1) is 18.4. The lowest BCUT2D eigenvalue weighted by atomic mass is 10.0. The molecule has 6 heteroatoms. The molecule has 2 aromatic carbocycles. The van der Waals surface area contributed by atoms with Crippen LogP contribution in [0.25, 0.3) is 10.9 Å². The Morgan fingerprint density at radius 1 is 1.19 bits per heavy atom. The molecule has 0 spiro atoms. The fourth-order valence-corrected chi connectivity index (χ4v) is 3.31. The third-order valence-electron chi connectivity index (χ3n) is 4.30. The molecule has 1 heterocycles. The van der Waals surface area contributed by atoms with E-state index in [2.05, 4.69) is 26.2 Å². The molecule has 0 radical (unpaired) electrons. The van der Waals surface area contributed by atoms with Crippen LogP contribution in [0.5, 0.6) is 0 Å². The summed E-state index contributed by atoms with van der Waals surface area (Å²) in [5, 5.41) is 13.8. The minimum Gasteiger partial charge on any atom is -0.391 e. The number of halogens is 1. The fraction of sp³-hybridized carbons (Fsp3) is 0.200. The van der Waals surface area contributed by atoms with Crippen molar-refractivity contribution >= 4 is 32.7 Å². The van der Waals surface area contributed by atoms with Crippen LogP contribution in [0.4, 0.5) is 0 Å². The van der Waals surface area contributed by atoms with Crippen LogP contribution in [0.1, 0.15) is 22.8 Å². The van der Waals surface area contributed by atoms with Crippen molar-refractivity contribution in [2.24, 2.45) is 0 Å². The van der Waals surface area contributed by atoms with E-state index in [0.29, 0.717) is 21.8 Å². The first-order chi connectivity index (χ1) is 12.5. The average molecular weight is 415 g/mol. The molecule has 3 aromatic rings. The number of H-pyrrole nitrogens is 1. The molecule has 0 bridgehead atoms. The van der Waals surface area contributed by atoms with Crippen LogP contribution in [0.3, 0.4) is 0 Å². The van der Waals surface area contributed by atoms with E-state index in [4.69, 9.17) is 0 Å². The molecule has 0 aliphatic carbocycles. The van der Waals surface area contributed by atoms with Gasteiger partial charge in [-0.1, -0.05) is 42.5 Å². The van der Waals surface area contributed by atoms with Crippen molar-refractivity contribution in [3.8, 4) is 0 Å². The molecular weight excluding hydrogens is 396 g/mol. The topological polar surface area (TPSA) is 82.2 Å². The van der Waals surface area contributed by atoms with Gasteiger partial charge in [-0.2, -0.15) is 0 Å². The highest BCUT2D eigenvalue weighted by Gasteiger charge is 2.20. The zero-order valence-electron chi connectivity index (χ0n) is 14.2. The number of carbonyl (C=O) groups is 1. The van der Waals surface area contributed by atoms with Gasteiger partial charge in [0.2, 0.25) is 5.56 Å². The largest absolute Gasteiger partial charge is 0.391 e. The Morgan fingerprint density at radius 3 is 2.65 bits per heavy atom. The zero-order chi connectivity index (χ0) is 18.7. The van der Waals surface area contributed by atoms with Gasteiger partial charge in [-0.3, -0.25) is 9.59 Å². The molecule has 0 saturated heterocycles. The highest BCUT2D eigenvalue weighted by atomic mass is 79.9. The maximum Gasteiger partial charge on any atom is 0.252 e. The van der Waals surface area contributed by atoms with Crippen molar-refractivity contribution in [2.45, 2.75) is 25.5 Å². The number of carbonyl (C=O) groups excluding carboxylic acids is 1. The lowest BCUT2D eigenvalue weighted by molar-refractivity contribution is 0.0853. The van der Waals surface area contributed by atoms with Crippen molar-refractivity contribution in [1.82, 2.24) is 10.3 Å². The highest BCUT2D eigenvalue weighted by molar-refractivity contribution is 9.10. The minimum atomic E-state index is -0.735. The van der Waals surface area contributed by atoms with E-state index in [1.807, 2.05) is 30.3 Å². The number of para-hydroxylation sites is 1. The van der Waals surface area contributed by atoms with Gasteiger partial charge in [0, 0.05) is 22.3 Å². The van der Waals surface area contributed by atoms with Crippen molar-refractivity contribution in [2.75, 3.05) is 0 Å². The van der Waals surface area contributed by atoms with Gasteiger partial charge in [0.15, 0.2) is 0 Å². The van der Waals surface area contributed by atoms with Gasteiger partial charge < -0.3 is 15.4 Å². The molecule has 134 valence electrons. The molecule has 26 heavy (non-hydrogen) atoms. The van der Waals surface area contributed by atoms with E-state index < -0.39 is 12.1 Å². The van der Waals surface area contributed by atoms with Gasteiger partial charge in [-0.25, -0.2) is 0 Å². The average Bonchev–Trinajstić information content (AvgIpc) is 2.62. The second-order valence-corrected chi connectivity index (χ2v) is 7.08. The molecule has 5 nitrogen and oxygen atoms in total. The highest BCUT2D eigenvalue weighted by Crippen LogP contribution is 2.23. The Hall–Kier alpha value is -2.44. The summed E-state index contributed by atoms with van der Waals surface area (Å²) < 4.78 is 0.707. The number of nitrogens with one attached hydrogen (secondary N) is 2. The van der Waals surface area contributed by atoms with Gasteiger partial charge in [0.1, 0.15) is 0 Å². The Bertz CT molecular complexity index is 985. The van der Waals surface area contributed by atoms with Crippen molar-refractivity contribution in [3.63, 3.8) is 0 Å². The second kappa shape index (κ2) is 7.85. The normalized spacial score (nSPS) is 13.3. The van der Waals surface area contributed by atoms with Crippen LogP contribution in [0.2, 0.25) is 0 Å². The van der Waals surface area contributed by atoms with Crippen LogP contribution >= 0.6 is 15.9 Å². The quantitative estimate of drug-likeness (QED) is 0.599. The molecule has 0 saturated carbocycles. The van der Waals surface area contributed by atoms with Gasteiger partial charge in [0.05, 0.1) is 23.2 Å². The zero-order valence-corrected chi connectivity index (χ0v) is 15.8. The Kier molecular flexibility index (Phi) is 5.54. The van der Waals surface area contributed by atoms with Gasteiger partial charge >= 0.3 is 0 Å². The number of aromatic amines is 1. The number of rotatable bonds is 5. The number of hydrogen-bond donors (Lipinski definition) is 3. The molecule has 3 rings (SSSR count). The molecule has 3 N–H and O–H groups in total. The lowest BCUT2D eigenvalue weighted by Crippen LogP contribution is -2.42. The molecule has 0 aliphatic rings. The van der Waals surface area contributed by atoms with Gasteiger partial charge in [0.25, 0.3) is 5.91 Å². The van der Waals surface area contributed by atoms with Gasteiger partial charge in [-0.05, 0) is 34.5 Å². The number of pyridine rings is 1. The standard InChI is InChI=1S/C20H19BrN2O3/c1-12(17(24)10-13-6-3-2-4-7-13)22-20(26)15-11-18(25)23-19-14(15)8-5-9-16(19)21/h2-9,11-12,17,24H,10H2,1H3,(H,22,26)(H,23,25)/t12-,17+/m0/s1. The summed E-state index contributed by atoms with van der Waals surface area (Å²) in [6.45, 7) is 1.75. The molecule has 0 unspecified atom stereocenters. The van der Waals surface area contributed by atoms with E-state index in [1.54, 1.807) is 25.1 Å². The lowest BCUT2D eigenvalue weighted by Gasteiger charge is -2.21. The van der Waals surface area contributed by atoms with E-state index in [0.717, 1.165) is 5.56 Å². The number of amides is 1. The third-order valence-corrected chi connectivity index (χ3v) is 4.96. The number of aromatic nitrogens is 1. The minimum absolute atomic E-state index is 0.281. The molecule has 1 aromatic heterocycles. The van der Waals surface area contributed by atoms with E-state index in [-0.39, 0.29) is 17.0 Å². The maximum absolute atomic E-state index is 12.7. The predicted octanol–water partition coefficient (Wildman–Crippen LogP) is 3.01. The number of aliphatic hydroxyl groups is 1. The third kappa shape index (κ3) is 4.03. The Morgan fingerprint density at radius 2 is 1.92 bits per heavy atom. The number of benzene rings is 2. The fourth-order valence-electron chi connectivity index (χ4n) is 2.84. The first-order valence-electron chi connectivity index (χ1n) is 8.30. The summed E-state index contributed by atoms with van der Waals surface area (Å²) >= 11 is 3.38. The number of hydrogen-bond acceptors (Lipinski definition) is 3. The van der Waals surface area contributed by atoms with E-state index in [9.17, 15) is 14.7 Å². The molecule has 1 amide bonds. The van der Waals surface area contributed by atoms with Crippen LogP contribution in [0.15, 0.2) is 63.9 Å². The predicted molar refractivity (Wildman–Crippen MR) is 105 cm³/mol.